The summed E-state index contributed by atoms with van der Waals surface area (Å²) in [5, 5.41) is 0. The summed E-state index contributed by atoms with van der Waals surface area (Å²) < 4.78 is 0. The van der Waals surface area contributed by atoms with Crippen molar-refractivity contribution >= 4 is 11.4 Å². The second-order valence-electron chi connectivity index (χ2n) is 8.66. The number of aliphatic imine (C=N–C) groups is 2. The van der Waals surface area contributed by atoms with E-state index in [0.29, 0.717) is 0 Å². The lowest BCUT2D eigenvalue weighted by molar-refractivity contribution is 0.692. The van der Waals surface area contributed by atoms with Crippen LogP contribution in [0.5, 0.6) is 0 Å². The Morgan fingerprint density at radius 2 is 1.17 bits per heavy atom. The van der Waals surface area contributed by atoms with Gasteiger partial charge < -0.3 is 0 Å². The van der Waals surface area contributed by atoms with Gasteiger partial charge in [-0.3, -0.25) is 9.98 Å². The molecule has 0 fully saturated rings. The quantitative estimate of drug-likeness (QED) is 0.192. The van der Waals surface area contributed by atoms with Crippen LogP contribution >= 0.6 is 0 Å². The maximum Gasteiger partial charge on any atom is 0.0894 e. The summed E-state index contributed by atoms with van der Waals surface area (Å²) in [6, 6.07) is 40.5. The Morgan fingerprint density at radius 1 is 0.694 bits per heavy atom. The third-order valence-electron chi connectivity index (χ3n) is 6.56. The molecule has 0 saturated carbocycles. The third kappa shape index (κ3) is 6.14. The molecule has 2 heteroatoms. The van der Waals surface area contributed by atoms with Crippen LogP contribution in [0.3, 0.4) is 0 Å². The fourth-order valence-electron chi connectivity index (χ4n) is 4.44. The summed E-state index contributed by atoms with van der Waals surface area (Å²) in [4.78, 5) is 8.47. The van der Waals surface area contributed by atoms with E-state index in [1.165, 1.54) is 22.3 Å². The second kappa shape index (κ2) is 13.2. The number of nitrogens with zero attached hydrogens (tertiary/aromatic N) is 2. The van der Waals surface area contributed by atoms with E-state index in [2.05, 4.69) is 146 Å². The van der Waals surface area contributed by atoms with Crippen LogP contribution < -0.4 is 0 Å². The molecule has 0 amide bonds. The van der Waals surface area contributed by atoms with E-state index in [-0.39, 0.29) is 5.41 Å². The summed E-state index contributed by atoms with van der Waals surface area (Å²) in [6.07, 6.45) is 2.76. The van der Waals surface area contributed by atoms with Crippen molar-refractivity contribution < 1.29 is 0 Å². The van der Waals surface area contributed by atoms with E-state index in [4.69, 9.17) is 0 Å². The Labute approximate surface area is 216 Å². The number of benzene rings is 4. The molecule has 0 aromatic heterocycles. The Bertz CT molecular complexity index is 1190. The molecule has 0 aliphatic heterocycles. The number of hydrogen-bond acceptors (Lipinski definition) is 2. The highest BCUT2D eigenvalue weighted by Crippen LogP contribution is 2.38. The monoisotopic (exact) mass is 472 g/mol. The van der Waals surface area contributed by atoms with Crippen molar-refractivity contribution in [3.63, 3.8) is 0 Å². The molecule has 2 nitrogen and oxygen atoms in total. The molecular weight excluding hydrogens is 436 g/mol. The van der Waals surface area contributed by atoms with E-state index in [1.807, 2.05) is 0 Å². The van der Waals surface area contributed by atoms with E-state index in [1.54, 1.807) is 20.2 Å². The van der Waals surface area contributed by atoms with Gasteiger partial charge in [0.15, 0.2) is 0 Å². The Balaban J connectivity index is 0.000000207. The van der Waals surface area contributed by atoms with Gasteiger partial charge in [-0.25, -0.2) is 0 Å². The van der Waals surface area contributed by atoms with Crippen molar-refractivity contribution in [3.8, 4) is 0 Å². The summed E-state index contributed by atoms with van der Waals surface area (Å²) in [5.41, 5.74) is 7.96. The predicted octanol–water partition coefficient (Wildman–Crippen LogP) is 7.97. The first-order valence-corrected chi connectivity index (χ1v) is 12.4. The SMILES string of the molecule is C=CC(=NC)C(=NC)c1cccc(CC)c1.CC(c1ccccc1)(c1ccccc1)c1ccccc1. The first-order chi connectivity index (χ1) is 17.6. The van der Waals surface area contributed by atoms with Crippen molar-refractivity contribution in [2.24, 2.45) is 9.98 Å². The largest absolute Gasteiger partial charge is 0.286 e. The van der Waals surface area contributed by atoms with E-state index in [0.717, 1.165) is 23.4 Å². The van der Waals surface area contributed by atoms with Crippen LogP contribution in [0.4, 0.5) is 0 Å². The number of allylic oxidation sites excluding steroid dienone is 1. The van der Waals surface area contributed by atoms with Gasteiger partial charge in [0, 0.05) is 25.1 Å². The molecule has 4 aromatic carbocycles. The maximum absolute atomic E-state index is 4.29. The van der Waals surface area contributed by atoms with Crippen LogP contribution in [0.1, 0.15) is 41.7 Å². The van der Waals surface area contributed by atoms with E-state index < -0.39 is 0 Å². The molecule has 0 aliphatic carbocycles. The van der Waals surface area contributed by atoms with Crippen molar-refractivity contribution in [2.45, 2.75) is 25.7 Å². The minimum absolute atomic E-state index is 0.121. The van der Waals surface area contributed by atoms with Crippen molar-refractivity contribution in [1.82, 2.24) is 0 Å². The van der Waals surface area contributed by atoms with Gasteiger partial charge in [0.25, 0.3) is 0 Å². The van der Waals surface area contributed by atoms with Crippen LogP contribution in [0.2, 0.25) is 0 Å². The molecular formula is C34H36N2. The van der Waals surface area contributed by atoms with Crippen LogP contribution in [-0.2, 0) is 11.8 Å². The fourth-order valence-corrected chi connectivity index (χ4v) is 4.44. The molecule has 0 radical (unpaired) electrons. The average Bonchev–Trinajstić information content (AvgIpc) is 2.97. The topological polar surface area (TPSA) is 24.7 Å². The summed E-state index contributed by atoms with van der Waals surface area (Å²) in [7, 11) is 3.54. The number of hydrogen-bond donors (Lipinski definition) is 0. The highest BCUT2D eigenvalue weighted by atomic mass is 14.8. The Kier molecular flexibility index (Phi) is 9.71. The number of rotatable bonds is 7. The molecule has 0 heterocycles. The summed E-state index contributed by atoms with van der Waals surface area (Å²) in [5.74, 6) is 0. The van der Waals surface area contributed by atoms with Gasteiger partial charge in [-0.15, -0.1) is 0 Å². The van der Waals surface area contributed by atoms with Gasteiger partial charge in [-0.1, -0.05) is 123 Å². The Morgan fingerprint density at radius 3 is 1.53 bits per heavy atom. The molecule has 4 rings (SSSR count). The van der Waals surface area contributed by atoms with Crippen molar-refractivity contribution in [1.29, 1.82) is 0 Å². The average molecular weight is 473 g/mol. The van der Waals surface area contributed by atoms with E-state index in [9.17, 15) is 0 Å². The molecule has 36 heavy (non-hydrogen) atoms. The molecule has 0 spiro atoms. The minimum Gasteiger partial charge on any atom is -0.286 e. The molecule has 0 saturated heterocycles. The molecule has 0 bridgehead atoms. The van der Waals surface area contributed by atoms with Gasteiger partial charge in [-0.2, -0.15) is 0 Å². The first kappa shape index (κ1) is 26.6. The summed E-state index contributed by atoms with van der Waals surface area (Å²) in [6.45, 7) is 8.20. The predicted molar refractivity (Wildman–Crippen MR) is 157 cm³/mol. The van der Waals surface area contributed by atoms with Crippen molar-refractivity contribution in [2.75, 3.05) is 14.1 Å². The van der Waals surface area contributed by atoms with Gasteiger partial charge in [0.2, 0.25) is 0 Å². The Hall–Kier alpha value is -4.04. The van der Waals surface area contributed by atoms with Crippen molar-refractivity contribution in [3.05, 3.63) is 156 Å². The molecule has 0 aliphatic rings. The zero-order chi connectivity index (χ0) is 25.8. The highest BCUT2D eigenvalue weighted by molar-refractivity contribution is 6.51. The van der Waals surface area contributed by atoms with Gasteiger partial charge >= 0.3 is 0 Å². The standard InChI is InChI=1S/C20H18.C14H18N2/c1-20(17-11-5-2-6-12-17,18-13-7-3-8-14-18)19-15-9-4-10-16-19;1-5-11-8-7-9-12(10-11)14(16-4)13(6-2)15-3/h2-16H,1H3;6-10H,2,5H2,1,3-4H3. The number of aryl methyl sites for hydroxylation is 1. The molecule has 0 N–H and O–H groups in total. The first-order valence-electron chi connectivity index (χ1n) is 12.4. The van der Waals surface area contributed by atoms with Crippen LogP contribution in [-0.4, -0.2) is 25.5 Å². The molecule has 0 unspecified atom stereocenters. The van der Waals surface area contributed by atoms with Gasteiger partial charge in [0.1, 0.15) is 0 Å². The second-order valence-corrected chi connectivity index (χ2v) is 8.66. The van der Waals surface area contributed by atoms with E-state index >= 15 is 0 Å². The zero-order valence-electron chi connectivity index (χ0n) is 21.9. The third-order valence-corrected chi connectivity index (χ3v) is 6.56. The highest BCUT2D eigenvalue weighted by Gasteiger charge is 2.30. The normalized spacial score (nSPS) is 11.9. The zero-order valence-corrected chi connectivity index (χ0v) is 21.9. The lowest BCUT2D eigenvalue weighted by Crippen LogP contribution is -2.25. The minimum atomic E-state index is -0.121. The molecule has 182 valence electrons. The summed E-state index contributed by atoms with van der Waals surface area (Å²) >= 11 is 0. The lowest BCUT2D eigenvalue weighted by Gasteiger charge is -2.31. The smallest absolute Gasteiger partial charge is 0.0894 e. The van der Waals surface area contributed by atoms with Crippen LogP contribution in [0.15, 0.2) is 138 Å². The van der Waals surface area contributed by atoms with Crippen LogP contribution in [0.25, 0.3) is 0 Å². The lowest BCUT2D eigenvalue weighted by atomic mass is 9.71. The van der Waals surface area contributed by atoms with Crippen LogP contribution in [0, 0.1) is 0 Å². The maximum atomic E-state index is 4.29. The fraction of sp³-hybridized carbons (Fsp3) is 0.176. The molecule has 4 aromatic rings. The van der Waals surface area contributed by atoms with Gasteiger partial charge in [-0.05, 0) is 47.7 Å². The van der Waals surface area contributed by atoms with Gasteiger partial charge in [0.05, 0.1) is 11.4 Å². The molecule has 0 atom stereocenters.